The predicted molar refractivity (Wildman–Crippen MR) is 113 cm³/mol. The molecule has 1 aliphatic heterocycles. The number of hydrogen-bond acceptors (Lipinski definition) is 7. The molecular formula is C21H26N4O3S. The molecule has 8 heteroatoms. The van der Waals surface area contributed by atoms with Crippen LogP contribution in [0.1, 0.15) is 20.8 Å². The first-order valence-electron chi connectivity index (χ1n) is 9.61. The number of aromatic nitrogens is 3. The van der Waals surface area contributed by atoms with E-state index in [2.05, 4.69) is 35.6 Å². The number of methoxy groups -OCH3 is 1. The van der Waals surface area contributed by atoms with E-state index in [1.54, 1.807) is 31.3 Å². The summed E-state index contributed by atoms with van der Waals surface area (Å²) in [6, 6.07) is 5.82. The lowest BCUT2D eigenvalue weighted by atomic mass is 9.97. The molecule has 3 aromatic rings. The lowest BCUT2D eigenvalue weighted by molar-refractivity contribution is 0.173. The second-order valence-corrected chi connectivity index (χ2v) is 9.12. The number of imidazole rings is 1. The SMILES string of the molecule is COc1cc2c(cc1Sc1nc3cnccc3n1CCNCC(C)(C)C)OCO2. The Balaban J connectivity index is 1.62. The normalized spacial score (nSPS) is 13.2. The average molecular weight is 415 g/mol. The minimum Gasteiger partial charge on any atom is -0.495 e. The van der Waals surface area contributed by atoms with Crippen LogP contribution in [0.2, 0.25) is 0 Å². The molecule has 7 nitrogen and oxygen atoms in total. The van der Waals surface area contributed by atoms with Crippen LogP contribution in [0.25, 0.3) is 11.0 Å². The molecule has 0 spiro atoms. The smallest absolute Gasteiger partial charge is 0.231 e. The Kier molecular flexibility index (Phi) is 5.56. The number of rotatable bonds is 7. The van der Waals surface area contributed by atoms with Gasteiger partial charge in [0, 0.05) is 38.0 Å². The van der Waals surface area contributed by atoms with Crippen molar-refractivity contribution in [1.29, 1.82) is 0 Å². The summed E-state index contributed by atoms with van der Waals surface area (Å²) in [7, 11) is 1.66. The van der Waals surface area contributed by atoms with Crippen molar-refractivity contribution < 1.29 is 14.2 Å². The molecule has 0 amide bonds. The first-order chi connectivity index (χ1) is 13.9. The third-order valence-corrected chi connectivity index (χ3v) is 5.58. The van der Waals surface area contributed by atoms with Crippen LogP contribution in [0.15, 0.2) is 40.6 Å². The first-order valence-corrected chi connectivity index (χ1v) is 10.4. The van der Waals surface area contributed by atoms with Gasteiger partial charge >= 0.3 is 0 Å². The van der Waals surface area contributed by atoms with Crippen molar-refractivity contribution in [1.82, 2.24) is 19.9 Å². The van der Waals surface area contributed by atoms with Gasteiger partial charge in [-0.1, -0.05) is 20.8 Å². The zero-order valence-electron chi connectivity index (χ0n) is 17.2. The van der Waals surface area contributed by atoms with Crippen LogP contribution >= 0.6 is 11.8 Å². The molecule has 0 bridgehead atoms. The second-order valence-electron chi connectivity index (χ2n) is 8.11. The fourth-order valence-corrected chi connectivity index (χ4v) is 4.20. The number of nitrogens with one attached hydrogen (secondary N) is 1. The molecule has 0 atom stereocenters. The van der Waals surface area contributed by atoms with E-state index >= 15 is 0 Å². The minimum atomic E-state index is 0.232. The highest BCUT2D eigenvalue weighted by atomic mass is 32.2. The molecule has 0 radical (unpaired) electrons. The van der Waals surface area contributed by atoms with Crippen LogP contribution in [0.3, 0.4) is 0 Å². The zero-order valence-corrected chi connectivity index (χ0v) is 18.0. The van der Waals surface area contributed by atoms with Gasteiger partial charge in [0.25, 0.3) is 0 Å². The van der Waals surface area contributed by atoms with Crippen molar-refractivity contribution in [2.24, 2.45) is 5.41 Å². The Labute approximate surface area is 174 Å². The van der Waals surface area contributed by atoms with Gasteiger partial charge in [-0.05, 0) is 23.2 Å². The summed E-state index contributed by atoms with van der Waals surface area (Å²) < 4.78 is 18.8. The maximum Gasteiger partial charge on any atom is 0.231 e. The van der Waals surface area contributed by atoms with Gasteiger partial charge in [-0.3, -0.25) is 4.98 Å². The maximum absolute atomic E-state index is 5.57. The van der Waals surface area contributed by atoms with Crippen LogP contribution in [0.4, 0.5) is 0 Å². The quantitative estimate of drug-likeness (QED) is 0.587. The summed E-state index contributed by atoms with van der Waals surface area (Å²) in [6.45, 7) is 9.54. The van der Waals surface area contributed by atoms with Crippen LogP contribution in [0.5, 0.6) is 17.2 Å². The number of nitrogens with zero attached hydrogens (tertiary/aromatic N) is 3. The van der Waals surface area contributed by atoms with Crippen molar-refractivity contribution >= 4 is 22.8 Å². The summed E-state index contributed by atoms with van der Waals surface area (Å²) in [5, 5.41) is 4.43. The molecule has 0 aliphatic carbocycles. The van der Waals surface area contributed by atoms with Crippen LogP contribution in [0, 0.1) is 5.41 Å². The molecule has 0 saturated carbocycles. The largest absolute Gasteiger partial charge is 0.495 e. The van der Waals surface area contributed by atoms with Gasteiger partial charge in [-0.2, -0.15) is 0 Å². The van der Waals surface area contributed by atoms with Gasteiger partial charge in [0.2, 0.25) is 6.79 Å². The van der Waals surface area contributed by atoms with E-state index in [1.807, 2.05) is 18.2 Å². The maximum atomic E-state index is 5.57. The molecule has 0 unspecified atom stereocenters. The monoisotopic (exact) mass is 414 g/mol. The highest BCUT2D eigenvalue weighted by molar-refractivity contribution is 7.99. The molecule has 4 rings (SSSR count). The molecule has 1 N–H and O–H groups in total. The predicted octanol–water partition coefficient (Wildman–Crippen LogP) is 3.96. The third-order valence-electron chi connectivity index (χ3n) is 4.54. The summed E-state index contributed by atoms with van der Waals surface area (Å²) in [6.07, 6.45) is 3.61. The molecule has 154 valence electrons. The van der Waals surface area contributed by atoms with E-state index < -0.39 is 0 Å². The Morgan fingerprint density at radius 3 is 2.79 bits per heavy atom. The van der Waals surface area contributed by atoms with Crippen LogP contribution in [-0.2, 0) is 6.54 Å². The van der Waals surface area contributed by atoms with Crippen molar-refractivity contribution in [3.05, 3.63) is 30.6 Å². The molecule has 1 aromatic carbocycles. The van der Waals surface area contributed by atoms with Gasteiger partial charge in [0.05, 0.1) is 23.7 Å². The van der Waals surface area contributed by atoms with Crippen LogP contribution in [-0.4, -0.2) is 41.5 Å². The van der Waals surface area contributed by atoms with Gasteiger partial charge in [-0.25, -0.2) is 4.98 Å². The highest BCUT2D eigenvalue weighted by Crippen LogP contribution is 2.44. The lowest BCUT2D eigenvalue weighted by Crippen LogP contribution is -2.29. The zero-order chi connectivity index (χ0) is 20.4. The molecule has 1 aliphatic rings. The van der Waals surface area contributed by atoms with Gasteiger partial charge in [-0.15, -0.1) is 0 Å². The molecule has 2 aromatic heterocycles. The second kappa shape index (κ2) is 8.12. The number of benzene rings is 1. The summed E-state index contributed by atoms with van der Waals surface area (Å²) >= 11 is 1.56. The summed E-state index contributed by atoms with van der Waals surface area (Å²) in [4.78, 5) is 9.97. The lowest BCUT2D eigenvalue weighted by Gasteiger charge is -2.19. The van der Waals surface area contributed by atoms with E-state index in [4.69, 9.17) is 19.2 Å². The Morgan fingerprint density at radius 2 is 2.03 bits per heavy atom. The fraction of sp³-hybridized carbons (Fsp3) is 0.429. The van der Waals surface area contributed by atoms with E-state index in [0.717, 1.165) is 52.2 Å². The van der Waals surface area contributed by atoms with Gasteiger partial charge < -0.3 is 24.1 Å². The highest BCUT2D eigenvalue weighted by Gasteiger charge is 2.21. The van der Waals surface area contributed by atoms with E-state index in [9.17, 15) is 0 Å². The molecule has 29 heavy (non-hydrogen) atoms. The Hall–Kier alpha value is -2.45. The average Bonchev–Trinajstić information content (AvgIpc) is 3.27. The Morgan fingerprint density at radius 1 is 1.24 bits per heavy atom. The van der Waals surface area contributed by atoms with Crippen molar-refractivity contribution in [2.45, 2.75) is 37.4 Å². The van der Waals surface area contributed by atoms with Gasteiger partial charge in [0.1, 0.15) is 11.3 Å². The molecular weight excluding hydrogens is 388 g/mol. The standard InChI is InChI=1S/C21H26N4O3S/c1-21(2,3)12-23-7-8-25-15-5-6-22-11-14(15)24-20(25)29-19-10-17-16(27-13-28-17)9-18(19)26-4/h5-6,9-11,23H,7-8,12-13H2,1-4H3. The molecule has 0 saturated heterocycles. The number of fused-ring (bicyclic) bond motifs is 2. The number of ether oxygens (including phenoxy) is 3. The molecule has 3 heterocycles. The summed E-state index contributed by atoms with van der Waals surface area (Å²) in [5.41, 5.74) is 2.20. The van der Waals surface area contributed by atoms with E-state index in [-0.39, 0.29) is 12.2 Å². The van der Waals surface area contributed by atoms with Crippen molar-refractivity contribution in [3.8, 4) is 17.2 Å². The third kappa shape index (κ3) is 4.43. The van der Waals surface area contributed by atoms with Crippen LogP contribution < -0.4 is 19.5 Å². The summed E-state index contributed by atoms with van der Waals surface area (Å²) in [5.74, 6) is 2.17. The number of pyridine rings is 1. The first kappa shape index (κ1) is 19.8. The minimum absolute atomic E-state index is 0.232. The topological polar surface area (TPSA) is 70.4 Å². The Bertz CT molecular complexity index is 1010. The van der Waals surface area contributed by atoms with E-state index in [0.29, 0.717) is 5.75 Å². The van der Waals surface area contributed by atoms with Gasteiger partial charge in [0.15, 0.2) is 16.7 Å². The van der Waals surface area contributed by atoms with Crippen molar-refractivity contribution in [3.63, 3.8) is 0 Å². The number of hydrogen-bond donors (Lipinski definition) is 1. The van der Waals surface area contributed by atoms with E-state index in [1.165, 1.54) is 0 Å². The fourth-order valence-electron chi connectivity index (χ4n) is 3.15. The van der Waals surface area contributed by atoms with Crippen molar-refractivity contribution in [2.75, 3.05) is 27.0 Å². The molecule has 0 fully saturated rings.